The topological polar surface area (TPSA) is 111 Å². The van der Waals surface area contributed by atoms with Gasteiger partial charge in [0.1, 0.15) is 29.4 Å². The van der Waals surface area contributed by atoms with Gasteiger partial charge in [0.2, 0.25) is 0 Å². The molecule has 10 nitrogen and oxygen atoms in total. The molecule has 1 N–H and O–H groups in total. The highest BCUT2D eigenvalue weighted by Gasteiger charge is 2.33. The summed E-state index contributed by atoms with van der Waals surface area (Å²) in [5.41, 5.74) is 1.32. The second-order valence-corrected chi connectivity index (χ2v) is 8.57. The molecule has 1 saturated heterocycles. The summed E-state index contributed by atoms with van der Waals surface area (Å²) in [6, 6.07) is 3.73. The smallest absolute Gasteiger partial charge is 0.279 e. The minimum absolute atomic E-state index is 0.161. The molecule has 0 aromatic carbocycles. The van der Waals surface area contributed by atoms with Gasteiger partial charge in [0, 0.05) is 32.0 Å². The quantitative estimate of drug-likeness (QED) is 0.495. The second-order valence-electron chi connectivity index (χ2n) is 8.16. The van der Waals surface area contributed by atoms with Gasteiger partial charge in [0.05, 0.1) is 22.0 Å². The zero-order valence-electron chi connectivity index (χ0n) is 17.8. The maximum absolute atomic E-state index is 13.4. The number of rotatable bonds is 5. The average molecular weight is 452 g/mol. The number of likely N-dealkylation sites (N-methyl/N-ethyl adjacent to an activating group) is 1. The van der Waals surface area contributed by atoms with Crippen LogP contribution in [0.25, 0.3) is 16.6 Å². The van der Waals surface area contributed by atoms with Gasteiger partial charge < -0.3 is 14.8 Å². The van der Waals surface area contributed by atoms with Gasteiger partial charge in [-0.2, -0.15) is 10.4 Å². The maximum atomic E-state index is 13.4. The van der Waals surface area contributed by atoms with Crippen molar-refractivity contribution in [2.75, 3.05) is 32.1 Å². The monoisotopic (exact) mass is 451 g/mol. The predicted molar refractivity (Wildman–Crippen MR) is 121 cm³/mol. The predicted octanol–water partition coefficient (Wildman–Crippen LogP) is 2.20. The van der Waals surface area contributed by atoms with E-state index in [1.165, 1.54) is 6.33 Å². The first-order valence-corrected chi connectivity index (χ1v) is 10.8. The van der Waals surface area contributed by atoms with E-state index in [1.807, 2.05) is 19.0 Å². The number of aromatic amines is 1. The summed E-state index contributed by atoms with van der Waals surface area (Å²) in [6.07, 6.45) is 6.57. The Kier molecular flexibility index (Phi) is 5.07. The molecular formula is C21H22ClN9O. The van der Waals surface area contributed by atoms with Crippen LogP contribution in [0.3, 0.4) is 0 Å². The Labute approximate surface area is 188 Å². The van der Waals surface area contributed by atoms with E-state index in [1.54, 1.807) is 27.5 Å². The fourth-order valence-corrected chi connectivity index (χ4v) is 4.61. The zero-order valence-corrected chi connectivity index (χ0v) is 18.5. The first kappa shape index (κ1) is 20.5. The number of hydrogen-bond donors (Lipinski definition) is 1. The van der Waals surface area contributed by atoms with Crippen LogP contribution in [-0.4, -0.2) is 61.2 Å². The number of anilines is 1. The summed E-state index contributed by atoms with van der Waals surface area (Å²) in [5, 5.41) is 15.5. The highest BCUT2D eigenvalue weighted by Crippen LogP contribution is 2.38. The summed E-state index contributed by atoms with van der Waals surface area (Å²) in [6.45, 7) is 1.91. The number of nitrogens with one attached hydrogen (secondary N) is 1. The second kappa shape index (κ2) is 7.93. The number of halogens is 1. The molecule has 5 rings (SSSR count). The van der Waals surface area contributed by atoms with Crippen molar-refractivity contribution in [2.45, 2.75) is 25.4 Å². The molecular weight excluding hydrogens is 430 g/mol. The highest BCUT2D eigenvalue weighted by atomic mass is 35.5. The largest absolute Gasteiger partial charge is 0.346 e. The van der Waals surface area contributed by atoms with E-state index in [0.29, 0.717) is 51.9 Å². The highest BCUT2D eigenvalue weighted by molar-refractivity contribution is 6.33. The van der Waals surface area contributed by atoms with Crippen LogP contribution in [-0.2, 0) is 6.54 Å². The molecule has 0 amide bonds. The SMILES string of the molecule is CN(C)CCn1c([C@@H]2CCCN2c2ncnc3[nH]cc(C#N)c23)nn2ccc(Cl)c2c1=O. The molecule has 32 heavy (non-hydrogen) atoms. The van der Waals surface area contributed by atoms with Crippen molar-refractivity contribution in [1.82, 2.24) is 34.0 Å². The summed E-state index contributed by atoms with van der Waals surface area (Å²) >= 11 is 6.29. The van der Waals surface area contributed by atoms with Crippen molar-refractivity contribution in [3.63, 3.8) is 0 Å². The fourth-order valence-electron chi connectivity index (χ4n) is 4.38. The van der Waals surface area contributed by atoms with Gasteiger partial charge in [0.15, 0.2) is 5.82 Å². The standard InChI is InChI=1S/C21H22ClN9O/c1-28(2)8-9-30-19(27-31-7-5-14(22)17(31)21(30)32)15-4-3-6-29(15)20-16-13(10-23)11-24-18(16)25-12-26-20/h5,7,11-12,15H,3-4,6,8-9H2,1-2H3,(H,24,25,26)/t15-/m0/s1. The van der Waals surface area contributed by atoms with Crippen molar-refractivity contribution in [3.8, 4) is 6.07 Å². The van der Waals surface area contributed by atoms with Crippen LogP contribution in [0.4, 0.5) is 5.82 Å². The summed E-state index contributed by atoms with van der Waals surface area (Å²) in [7, 11) is 3.94. The van der Waals surface area contributed by atoms with Gasteiger partial charge in [-0.25, -0.2) is 14.5 Å². The van der Waals surface area contributed by atoms with Crippen LogP contribution in [0.5, 0.6) is 0 Å². The number of nitriles is 1. The molecule has 4 aromatic rings. The normalized spacial score (nSPS) is 16.5. The number of H-pyrrole nitrogens is 1. The maximum Gasteiger partial charge on any atom is 0.279 e. The van der Waals surface area contributed by atoms with Gasteiger partial charge in [-0.3, -0.25) is 9.36 Å². The Hall–Kier alpha value is -3.42. The zero-order chi connectivity index (χ0) is 22.4. The molecule has 0 radical (unpaired) electrons. The van der Waals surface area contributed by atoms with E-state index in [9.17, 15) is 10.1 Å². The lowest BCUT2D eigenvalue weighted by atomic mass is 10.1. The van der Waals surface area contributed by atoms with Crippen LogP contribution < -0.4 is 10.5 Å². The molecule has 5 heterocycles. The minimum atomic E-state index is -0.171. The van der Waals surface area contributed by atoms with Gasteiger partial charge in [-0.05, 0) is 33.0 Å². The minimum Gasteiger partial charge on any atom is -0.346 e. The van der Waals surface area contributed by atoms with E-state index in [4.69, 9.17) is 16.7 Å². The number of nitrogens with zero attached hydrogens (tertiary/aromatic N) is 8. The third-order valence-electron chi connectivity index (χ3n) is 5.92. The molecule has 11 heteroatoms. The average Bonchev–Trinajstić information content (AvgIpc) is 3.50. The van der Waals surface area contributed by atoms with Gasteiger partial charge >= 0.3 is 0 Å². The van der Waals surface area contributed by atoms with Crippen LogP contribution in [0, 0.1) is 11.3 Å². The van der Waals surface area contributed by atoms with Gasteiger partial charge in [-0.15, -0.1) is 0 Å². The van der Waals surface area contributed by atoms with Gasteiger partial charge in [-0.1, -0.05) is 11.6 Å². The lowest BCUT2D eigenvalue weighted by Gasteiger charge is -2.28. The van der Waals surface area contributed by atoms with E-state index >= 15 is 0 Å². The Balaban J connectivity index is 1.68. The lowest BCUT2D eigenvalue weighted by Crippen LogP contribution is -2.36. The molecule has 1 atom stereocenters. The number of aromatic nitrogens is 6. The van der Waals surface area contributed by atoms with Crippen molar-refractivity contribution in [1.29, 1.82) is 5.26 Å². The Morgan fingerprint density at radius 1 is 1.38 bits per heavy atom. The lowest BCUT2D eigenvalue weighted by molar-refractivity contribution is 0.370. The van der Waals surface area contributed by atoms with Crippen molar-refractivity contribution < 1.29 is 0 Å². The molecule has 1 aliphatic rings. The molecule has 1 fully saturated rings. The molecule has 164 valence electrons. The fraction of sp³-hybridized carbons (Fsp3) is 0.381. The van der Waals surface area contributed by atoms with Crippen molar-refractivity contribution in [3.05, 3.63) is 51.6 Å². The Bertz CT molecular complexity index is 1410. The third kappa shape index (κ3) is 3.21. The van der Waals surface area contributed by atoms with E-state index in [2.05, 4.69) is 25.9 Å². The molecule has 0 spiro atoms. The molecule has 4 aromatic heterocycles. The first-order chi connectivity index (χ1) is 15.5. The first-order valence-electron chi connectivity index (χ1n) is 10.4. The molecule has 1 aliphatic heterocycles. The van der Waals surface area contributed by atoms with E-state index in [-0.39, 0.29) is 11.6 Å². The van der Waals surface area contributed by atoms with Crippen LogP contribution in [0.15, 0.2) is 29.6 Å². The number of hydrogen-bond acceptors (Lipinski definition) is 7. The molecule has 0 saturated carbocycles. The van der Waals surface area contributed by atoms with E-state index in [0.717, 1.165) is 19.4 Å². The summed E-state index contributed by atoms with van der Waals surface area (Å²) in [5.74, 6) is 1.34. The summed E-state index contributed by atoms with van der Waals surface area (Å²) < 4.78 is 3.29. The van der Waals surface area contributed by atoms with Crippen LogP contribution in [0.1, 0.15) is 30.3 Å². The molecule has 0 bridgehead atoms. The van der Waals surface area contributed by atoms with Gasteiger partial charge in [0.25, 0.3) is 5.56 Å². The van der Waals surface area contributed by atoms with E-state index < -0.39 is 0 Å². The Morgan fingerprint density at radius 3 is 3.00 bits per heavy atom. The van der Waals surface area contributed by atoms with Crippen LogP contribution >= 0.6 is 11.6 Å². The summed E-state index contributed by atoms with van der Waals surface area (Å²) in [4.78, 5) is 29.4. The Morgan fingerprint density at radius 2 is 2.22 bits per heavy atom. The molecule has 0 aliphatic carbocycles. The molecule has 0 unspecified atom stereocenters. The number of fused-ring (bicyclic) bond motifs is 2. The van der Waals surface area contributed by atoms with Crippen LogP contribution in [0.2, 0.25) is 5.02 Å². The third-order valence-corrected chi connectivity index (χ3v) is 6.22. The van der Waals surface area contributed by atoms with Crippen molar-refractivity contribution >= 4 is 34.0 Å². The van der Waals surface area contributed by atoms with Crippen molar-refractivity contribution in [2.24, 2.45) is 0 Å².